The van der Waals surface area contributed by atoms with E-state index in [0.29, 0.717) is 31.5 Å². The fourth-order valence-electron chi connectivity index (χ4n) is 7.08. The summed E-state index contributed by atoms with van der Waals surface area (Å²) in [7, 11) is 0. The van der Waals surface area contributed by atoms with Crippen molar-refractivity contribution in [3.8, 4) is 0 Å². The molecule has 156 valence electrons. The standard InChI is InChI=1S/C23H29FN2O3/c1-15(27)25-23-11-16-8-17(12-23)10-22(9-16,14-23)21(28)26-6-7-29-20(13-26)18-2-4-19(24)5-3-18/h2-5,16-17,20H,6-14H2,1H3,(H,25,27). The van der Waals surface area contributed by atoms with Gasteiger partial charge in [0, 0.05) is 19.0 Å². The summed E-state index contributed by atoms with van der Waals surface area (Å²) >= 11 is 0. The molecule has 2 amide bonds. The molecule has 1 aromatic carbocycles. The van der Waals surface area contributed by atoms with E-state index in [9.17, 15) is 14.0 Å². The molecule has 4 bridgehead atoms. The number of halogens is 1. The first-order valence-electron chi connectivity index (χ1n) is 10.8. The number of ether oxygens (including phenoxy) is 1. The van der Waals surface area contributed by atoms with Gasteiger partial charge in [0.15, 0.2) is 0 Å². The van der Waals surface area contributed by atoms with E-state index in [4.69, 9.17) is 4.74 Å². The number of hydrogen-bond donors (Lipinski definition) is 1. The molecular formula is C23H29FN2O3. The van der Waals surface area contributed by atoms with Gasteiger partial charge in [-0.05, 0) is 68.1 Å². The van der Waals surface area contributed by atoms with Crippen molar-refractivity contribution in [2.75, 3.05) is 19.7 Å². The lowest BCUT2D eigenvalue weighted by atomic mass is 9.46. The van der Waals surface area contributed by atoms with Gasteiger partial charge >= 0.3 is 0 Å². The zero-order valence-electron chi connectivity index (χ0n) is 17.0. The molecule has 1 aliphatic heterocycles. The van der Waals surface area contributed by atoms with Crippen molar-refractivity contribution >= 4 is 11.8 Å². The average molecular weight is 400 g/mol. The van der Waals surface area contributed by atoms with E-state index in [2.05, 4.69) is 5.32 Å². The minimum absolute atomic E-state index is 0.0114. The van der Waals surface area contributed by atoms with Crippen molar-refractivity contribution in [2.24, 2.45) is 17.3 Å². The first kappa shape index (κ1) is 19.0. The normalized spacial score (nSPS) is 38.1. The van der Waals surface area contributed by atoms with Crippen LogP contribution in [0.4, 0.5) is 4.39 Å². The van der Waals surface area contributed by atoms with Crippen molar-refractivity contribution in [3.05, 3.63) is 35.6 Å². The number of nitrogens with zero attached hydrogens (tertiary/aromatic N) is 1. The van der Waals surface area contributed by atoms with E-state index >= 15 is 0 Å². The molecule has 1 N–H and O–H groups in total. The van der Waals surface area contributed by atoms with Crippen LogP contribution in [0, 0.1) is 23.1 Å². The van der Waals surface area contributed by atoms with Crippen molar-refractivity contribution in [1.82, 2.24) is 10.2 Å². The molecule has 0 spiro atoms. The zero-order chi connectivity index (χ0) is 20.2. The second kappa shape index (κ2) is 6.79. The third-order valence-electron chi connectivity index (χ3n) is 7.55. The number of hydrogen-bond acceptors (Lipinski definition) is 3. The summed E-state index contributed by atoms with van der Waals surface area (Å²) in [6.45, 7) is 3.19. The molecule has 4 saturated carbocycles. The van der Waals surface area contributed by atoms with E-state index in [1.54, 1.807) is 19.1 Å². The van der Waals surface area contributed by atoms with Crippen molar-refractivity contribution in [1.29, 1.82) is 0 Å². The Morgan fingerprint density at radius 2 is 1.83 bits per heavy atom. The third kappa shape index (κ3) is 3.35. The summed E-state index contributed by atoms with van der Waals surface area (Å²) in [4.78, 5) is 27.7. The Morgan fingerprint density at radius 3 is 2.48 bits per heavy atom. The van der Waals surface area contributed by atoms with Crippen LogP contribution < -0.4 is 5.32 Å². The molecule has 6 heteroatoms. The molecule has 6 rings (SSSR count). The van der Waals surface area contributed by atoms with Crippen LogP contribution in [0.15, 0.2) is 24.3 Å². The molecule has 0 aromatic heterocycles. The maximum Gasteiger partial charge on any atom is 0.229 e. The van der Waals surface area contributed by atoms with Crippen LogP contribution in [0.25, 0.3) is 0 Å². The maximum absolute atomic E-state index is 13.8. The molecule has 5 fully saturated rings. The monoisotopic (exact) mass is 400 g/mol. The average Bonchev–Trinajstić information content (AvgIpc) is 2.66. The van der Waals surface area contributed by atoms with Gasteiger partial charge in [-0.1, -0.05) is 12.1 Å². The fraction of sp³-hybridized carbons (Fsp3) is 0.652. The summed E-state index contributed by atoms with van der Waals surface area (Å²) in [5, 5.41) is 3.24. The largest absolute Gasteiger partial charge is 0.370 e. The number of rotatable bonds is 3. The Hall–Kier alpha value is -1.95. The molecule has 1 saturated heterocycles. The number of benzene rings is 1. The van der Waals surface area contributed by atoms with Crippen molar-refractivity contribution in [2.45, 2.75) is 57.1 Å². The molecule has 5 aliphatic rings. The van der Waals surface area contributed by atoms with Crippen LogP contribution >= 0.6 is 0 Å². The predicted molar refractivity (Wildman–Crippen MR) is 105 cm³/mol. The lowest BCUT2D eigenvalue weighted by molar-refractivity contribution is -0.169. The highest BCUT2D eigenvalue weighted by Gasteiger charge is 2.61. The van der Waals surface area contributed by atoms with E-state index in [1.165, 1.54) is 18.6 Å². The highest BCUT2D eigenvalue weighted by molar-refractivity contribution is 5.84. The smallest absolute Gasteiger partial charge is 0.229 e. The van der Waals surface area contributed by atoms with Crippen LogP contribution in [0.3, 0.4) is 0 Å². The Bertz CT molecular complexity index is 810. The topological polar surface area (TPSA) is 58.6 Å². The molecule has 5 nitrogen and oxygen atoms in total. The summed E-state index contributed by atoms with van der Waals surface area (Å²) in [6, 6.07) is 6.36. The van der Waals surface area contributed by atoms with Gasteiger partial charge < -0.3 is 15.0 Å². The molecule has 3 atom stereocenters. The Kier molecular flexibility index (Phi) is 4.46. The SMILES string of the molecule is CC(=O)NC12CC3CC(C1)CC(C(=O)N1CCOC(c4ccc(F)cc4)C1)(C3)C2. The molecule has 3 unspecified atom stereocenters. The Balaban J connectivity index is 1.37. The van der Waals surface area contributed by atoms with E-state index in [1.807, 2.05) is 4.90 Å². The molecule has 4 aliphatic carbocycles. The van der Waals surface area contributed by atoms with Crippen LogP contribution in [0.1, 0.15) is 57.1 Å². The van der Waals surface area contributed by atoms with Gasteiger partial charge in [-0.2, -0.15) is 0 Å². The van der Waals surface area contributed by atoms with Gasteiger partial charge in [0.1, 0.15) is 11.9 Å². The van der Waals surface area contributed by atoms with Gasteiger partial charge in [0.05, 0.1) is 18.6 Å². The molecule has 1 aromatic rings. The van der Waals surface area contributed by atoms with Gasteiger partial charge in [-0.25, -0.2) is 4.39 Å². The van der Waals surface area contributed by atoms with Crippen LogP contribution in [-0.4, -0.2) is 41.9 Å². The molecule has 29 heavy (non-hydrogen) atoms. The number of morpholine rings is 1. The Morgan fingerprint density at radius 1 is 1.14 bits per heavy atom. The maximum atomic E-state index is 13.8. The number of nitrogens with one attached hydrogen (secondary N) is 1. The minimum Gasteiger partial charge on any atom is -0.370 e. The summed E-state index contributed by atoms with van der Waals surface area (Å²) in [6.07, 6.45) is 5.66. The summed E-state index contributed by atoms with van der Waals surface area (Å²) in [5.41, 5.74) is 0.356. The second-order valence-electron chi connectivity index (χ2n) is 9.87. The third-order valence-corrected chi connectivity index (χ3v) is 7.55. The highest BCUT2D eigenvalue weighted by Crippen LogP contribution is 2.62. The van der Waals surface area contributed by atoms with E-state index in [0.717, 1.165) is 37.7 Å². The summed E-state index contributed by atoms with van der Waals surface area (Å²) in [5.74, 6) is 1.03. The van der Waals surface area contributed by atoms with Crippen LogP contribution in [-0.2, 0) is 14.3 Å². The van der Waals surface area contributed by atoms with E-state index in [-0.39, 0.29) is 34.7 Å². The van der Waals surface area contributed by atoms with Crippen LogP contribution in [0.2, 0.25) is 0 Å². The lowest BCUT2D eigenvalue weighted by Gasteiger charge is -2.62. The Labute approximate surface area is 171 Å². The van der Waals surface area contributed by atoms with Gasteiger partial charge in [0.2, 0.25) is 11.8 Å². The van der Waals surface area contributed by atoms with Gasteiger partial charge in [-0.15, -0.1) is 0 Å². The molecular weight excluding hydrogens is 371 g/mol. The molecule has 0 radical (unpaired) electrons. The van der Waals surface area contributed by atoms with Crippen molar-refractivity contribution in [3.63, 3.8) is 0 Å². The quantitative estimate of drug-likeness (QED) is 0.848. The van der Waals surface area contributed by atoms with Crippen molar-refractivity contribution < 1.29 is 18.7 Å². The van der Waals surface area contributed by atoms with Gasteiger partial charge in [0.25, 0.3) is 0 Å². The first-order chi connectivity index (χ1) is 13.9. The second-order valence-corrected chi connectivity index (χ2v) is 9.87. The molecule has 1 heterocycles. The first-order valence-corrected chi connectivity index (χ1v) is 10.8. The number of carbonyl (C=O) groups is 2. The number of amides is 2. The fourth-order valence-corrected chi connectivity index (χ4v) is 7.08. The minimum atomic E-state index is -0.350. The number of carbonyl (C=O) groups excluding carboxylic acids is 2. The van der Waals surface area contributed by atoms with E-state index < -0.39 is 0 Å². The lowest BCUT2D eigenvalue weighted by Crippen LogP contribution is -2.66. The zero-order valence-corrected chi connectivity index (χ0v) is 17.0. The predicted octanol–water partition coefficient (Wildman–Crippen LogP) is 3.20. The summed E-state index contributed by atoms with van der Waals surface area (Å²) < 4.78 is 19.2. The van der Waals surface area contributed by atoms with Gasteiger partial charge in [-0.3, -0.25) is 9.59 Å². The highest BCUT2D eigenvalue weighted by atomic mass is 19.1. The van der Waals surface area contributed by atoms with Crippen LogP contribution in [0.5, 0.6) is 0 Å².